The fourth-order valence-corrected chi connectivity index (χ4v) is 2.65. The third kappa shape index (κ3) is 6.91. The Morgan fingerprint density at radius 1 is 0.966 bits per heavy atom. The lowest BCUT2D eigenvalue weighted by Crippen LogP contribution is -2.43. The molecule has 1 amide bonds. The molecule has 0 aliphatic rings. The van der Waals surface area contributed by atoms with Gasteiger partial charge in [-0.3, -0.25) is 4.79 Å². The molecule has 0 radical (unpaired) electrons. The molecule has 0 aliphatic carbocycles. The molecule has 0 bridgehead atoms. The molecule has 0 unspecified atom stereocenters. The summed E-state index contributed by atoms with van der Waals surface area (Å²) in [4.78, 5) is 36.7. The van der Waals surface area contributed by atoms with E-state index in [0.717, 1.165) is 5.56 Å². The topological polar surface area (TPSA) is 81.7 Å². The maximum Gasteiger partial charge on any atom is 0.338 e. The Morgan fingerprint density at radius 2 is 1.52 bits per heavy atom. The highest BCUT2D eigenvalue weighted by Gasteiger charge is 2.23. The van der Waals surface area contributed by atoms with E-state index in [0.29, 0.717) is 16.1 Å². The highest BCUT2D eigenvalue weighted by atomic mass is 35.5. The molecule has 0 saturated carbocycles. The molecule has 2 aromatic rings. The number of nitrogens with one attached hydrogen (secondary N) is 1. The van der Waals surface area contributed by atoms with Crippen LogP contribution in [0.15, 0.2) is 48.5 Å². The quantitative estimate of drug-likeness (QED) is 0.723. The first-order valence-corrected chi connectivity index (χ1v) is 9.43. The predicted octanol–water partition coefficient (Wildman–Crippen LogP) is 3.81. The van der Waals surface area contributed by atoms with Gasteiger partial charge in [-0.15, -0.1) is 0 Å². The second-order valence-electron chi connectivity index (χ2n) is 7.46. The summed E-state index contributed by atoms with van der Waals surface area (Å²) in [7, 11) is 1.26. The number of esters is 2. The molecular formula is C22H24ClNO5. The van der Waals surface area contributed by atoms with Gasteiger partial charge >= 0.3 is 11.9 Å². The number of carbonyl (C=O) groups is 3. The summed E-state index contributed by atoms with van der Waals surface area (Å²) in [5.74, 6) is -1.41. The smallest absolute Gasteiger partial charge is 0.338 e. The van der Waals surface area contributed by atoms with Gasteiger partial charge in [0.25, 0.3) is 5.91 Å². The minimum absolute atomic E-state index is 0.209. The molecule has 6 nitrogen and oxygen atoms in total. The van der Waals surface area contributed by atoms with Crippen molar-refractivity contribution in [3.05, 3.63) is 70.2 Å². The standard InChI is InChI=1S/C22H24ClNO5/c1-22(2,3)29-20(26)16-7-5-14(6-8-16)13-18(21(27)28-4)24-19(25)15-9-11-17(23)12-10-15/h5-12,18H,13H2,1-4H3,(H,24,25)/t18-/m1/s1. The first-order chi connectivity index (χ1) is 13.6. The number of ether oxygens (including phenoxy) is 2. The normalized spacial score (nSPS) is 12.0. The summed E-state index contributed by atoms with van der Waals surface area (Å²) in [5, 5.41) is 3.18. The Labute approximate surface area is 175 Å². The molecule has 0 spiro atoms. The first-order valence-electron chi connectivity index (χ1n) is 9.05. The van der Waals surface area contributed by atoms with E-state index in [-0.39, 0.29) is 6.42 Å². The number of amides is 1. The summed E-state index contributed by atoms with van der Waals surface area (Å²) >= 11 is 5.83. The molecule has 2 aromatic carbocycles. The van der Waals surface area contributed by atoms with E-state index in [2.05, 4.69) is 5.32 Å². The van der Waals surface area contributed by atoms with Crippen molar-refractivity contribution in [1.29, 1.82) is 0 Å². The summed E-state index contributed by atoms with van der Waals surface area (Å²) < 4.78 is 10.1. The number of benzene rings is 2. The van der Waals surface area contributed by atoms with E-state index in [9.17, 15) is 14.4 Å². The number of carbonyl (C=O) groups excluding carboxylic acids is 3. The Hall–Kier alpha value is -2.86. The van der Waals surface area contributed by atoms with Gasteiger partial charge in [-0.05, 0) is 62.7 Å². The van der Waals surface area contributed by atoms with Gasteiger partial charge in [0.05, 0.1) is 12.7 Å². The van der Waals surface area contributed by atoms with Crippen molar-refractivity contribution < 1.29 is 23.9 Å². The minimum Gasteiger partial charge on any atom is -0.467 e. The SMILES string of the molecule is COC(=O)[C@@H](Cc1ccc(C(=O)OC(C)(C)C)cc1)NC(=O)c1ccc(Cl)cc1. The van der Waals surface area contributed by atoms with E-state index < -0.39 is 29.5 Å². The van der Waals surface area contributed by atoms with Gasteiger partial charge < -0.3 is 14.8 Å². The van der Waals surface area contributed by atoms with Crippen LogP contribution in [0.25, 0.3) is 0 Å². The number of hydrogen-bond donors (Lipinski definition) is 1. The fourth-order valence-electron chi connectivity index (χ4n) is 2.53. The van der Waals surface area contributed by atoms with Crippen molar-refractivity contribution in [2.24, 2.45) is 0 Å². The van der Waals surface area contributed by atoms with Crippen molar-refractivity contribution in [1.82, 2.24) is 5.32 Å². The van der Waals surface area contributed by atoms with E-state index in [1.807, 2.05) is 0 Å². The van der Waals surface area contributed by atoms with E-state index in [4.69, 9.17) is 21.1 Å². The third-order valence-electron chi connectivity index (χ3n) is 3.93. The average Bonchev–Trinajstić information content (AvgIpc) is 2.66. The van der Waals surface area contributed by atoms with Crippen LogP contribution in [0, 0.1) is 0 Å². The molecule has 29 heavy (non-hydrogen) atoms. The molecule has 2 rings (SSSR count). The second-order valence-corrected chi connectivity index (χ2v) is 7.90. The minimum atomic E-state index is -0.879. The van der Waals surface area contributed by atoms with Crippen molar-refractivity contribution in [3.8, 4) is 0 Å². The van der Waals surface area contributed by atoms with Crippen LogP contribution in [0.4, 0.5) is 0 Å². The summed E-state index contributed by atoms with van der Waals surface area (Å²) in [6.07, 6.45) is 0.209. The van der Waals surface area contributed by atoms with Gasteiger partial charge in [-0.2, -0.15) is 0 Å². The maximum atomic E-state index is 12.4. The molecule has 154 valence electrons. The lowest BCUT2D eigenvalue weighted by Gasteiger charge is -2.20. The lowest BCUT2D eigenvalue weighted by molar-refractivity contribution is -0.142. The highest BCUT2D eigenvalue weighted by Crippen LogP contribution is 2.15. The van der Waals surface area contributed by atoms with Crippen molar-refractivity contribution in [2.45, 2.75) is 38.8 Å². The Morgan fingerprint density at radius 3 is 2.03 bits per heavy atom. The van der Waals surface area contributed by atoms with Gasteiger partial charge in [-0.1, -0.05) is 23.7 Å². The first kappa shape index (κ1) is 22.4. The van der Waals surface area contributed by atoms with Crippen LogP contribution >= 0.6 is 11.6 Å². The molecule has 0 aliphatic heterocycles. The summed E-state index contributed by atoms with van der Waals surface area (Å²) in [5.41, 5.74) is 0.953. The van der Waals surface area contributed by atoms with Crippen LogP contribution in [0.3, 0.4) is 0 Å². The van der Waals surface area contributed by atoms with Crippen LogP contribution in [0.1, 0.15) is 47.1 Å². The van der Waals surface area contributed by atoms with Gasteiger partial charge in [-0.25, -0.2) is 9.59 Å². The van der Waals surface area contributed by atoms with Crippen LogP contribution in [0.2, 0.25) is 5.02 Å². The fraction of sp³-hybridized carbons (Fsp3) is 0.318. The van der Waals surface area contributed by atoms with Crippen LogP contribution in [0.5, 0.6) is 0 Å². The van der Waals surface area contributed by atoms with Gasteiger partial charge in [0.15, 0.2) is 0 Å². The van der Waals surface area contributed by atoms with Gasteiger partial charge in [0, 0.05) is 17.0 Å². The van der Waals surface area contributed by atoms with Crippen LogP contribution in [-0.2, 0) is 20.7 Å². The largest absolute Gasteiger partial charge is 0.467 e. The lowest BCUT2D eigenvalue weighted by atomic mass is 10.0. The van der Waals surface area contributed by atoms with Crippen LogP contribution < -0.4 is 5.32 Å². The zero-order valence-corrected chi connectivity index (χ0v) is 17.6. The van der Waals surface area contributed by atoms with Crippen LogP contribution in [-0.4, -0.2) is 36.6 Å². The summed E-state index contributed by atoms with van der Waals surface area (Å²) in [6.45, 7) is 5.39. The Kier molecular flexibility index (Phi) is 7.40. The molecule has 0 fully saturated rings. The van der Waals surface area contributed by atoms with E-state index in [1.165, 1.54) is 7.11 Å². The molecule has 0 saturated heterocycles. The Balaban J connectivity index is 2.10. The number of hydrogen-bond acceptors (Lipinski definition) is 5. The Bertz CT molecular complexity index is 870. The zero-order chi connectivity index (χ0) is 21.6. The maximum absolute atomic E-state index is 12.4. The molecule has 0 aromatic heterocycles. The molecule has 0 heterocycles. The number of rotatable bonds is 6. The van der Waals surface area contributed by atoms with E-state index >= 15 is 0 Å². The summed E-state index contributed by atoms with van der Waals surface area (Å²) in [6, 6.07) is 12.1. The highest BCUT2D eigenvalue weighted by molar-refractivity contribution is 6.30. The molecule has 7 heteroatoms. The monoisotopic (exact) mass is 417 g/mol. The third-order valence-corrected chi connectivity index (χ3v) is 4.18. The molecule has 1 N–H and O–H groups in total. The number of methoxy groups -OCH3 is 1. The zero-order valence-electron chi connectivity index (χ0n) is 16.8. The number of halogens is 1. The van der Waals surface area contributed by atoms with E-state index in [1.54, 1.807) is 69.3 Å². The molecule has 1 atom stereocenters. The van der Waals surface area contributed by atoms with Crippen molar-refractivity contribution >= 4 is 29.4 Å². The second kappa shape index (κ2) is 9.56. The average molecular weight is 418 g/mol. The van der Waals surface area contributed by atoms with Gasteiger partial charge in [0.2, 0.25) is 0 Å². The van der Waals surface area contributed by atoms with Crippen molar-refractivity contribution in [3.63, 3.8) is 0 Å². The molecular weight excluding hydrogens is 394 g/mol. The van der Waals surface area contributed by atoms with Crippen molar-refractivity contribution in [2.75, 3.05) is 7.11 Å². The van der Waals surface area contributed by atoms with Gasteiger partial charge in [0.1, 0.15) is 11.6 Å². The predicted molar refractivity (Wildman–Crippen MR) is 110 cm³/mol.